The second-order valence-corrected chi connectivity index (χ2v) is 4.87. The maximum atomic E-state index is 11.3. The average Bonchev–Trinajstić information content (AvgIpc) is 2.80. The molecule has 19 heavy (non-hydrogen) atoms. The van der Waals surface area contributed by atoms with E-state index in [2.05, 4.69) is 14.9 Å². The number of rotatable bonds is 1. The van der Waals surface area contributed by atoms with Crippen LogP contribution in [0.3, 0.4) is 0 Å². The lowest BCUT2D eigenvalue weighted by Crippen LogP contribution is -2.48. The summed E-state index contributed by atoms with van der Waals surface area (Å²) in [4.78, 5) is 24.1. The van der Waals surface area contributed by atoms with Gasteiger partial charge >= 0.3 is 0 Å². The highest BCUT2D eigenvalue weighted by Crippen LogP contribution is 2.20. The molecule has 6 heteroatoms. The fourth-order valence-corrected chi connectivity index (χ4v) is 2.50. The molecule has 100 valence electrons. The highest BCUT2D eigenvalue weighted by atomic mass is 16.2. The van der Waals surface area contributed by atoms with Gasteiger partial charge in [-0.05, 0) is 6.07 Å². The second kappa shape index (κ2) is 4.53. The van der Waals surface area contributed by atoms with Crippen LogP contribution in [-0.4, -0.2) is 47.8 Å². The van der Waals surface area contributed by atoms with E-state index in [-0.39, 0.29) is 5.91 Å². The van der Waals surface area contributed by atoms with Crippen LogP contribution in [0.2, 0.25) is 0 Å². The minimum Gasteiger partial charge on any atom is -0.382 e. The lowest BCUT2D eigenvalue weighted by Gasteiger charge is -2.35. The fraction of sp³-hybridized carbons (Fsp3) is 0.462. The number of carbonyl (C=O) groups excluding carboxylic acids is 1. The summed E-state index contributed by atoms with van der Waals surface area (Å²) >= 11 is 0. The summed E-state index contributed by atoms with van der Waals surface area (Å²) in [6, 6.07) is 4.05. The molecule has 0 bridgehead atoms. The lowest BCUT2D eigenvalue weighted by atomic mass is 10.2. The number of nitrogens with zero attached hydrogens (tertiary/aromatic N) is 4. The van der Waals surface area contributed by atoms with Crippen molar-refractivity contribution in [1.29, 1.82) is 0 Å². The van der Waals surface area contributed by atoms with E-state index in [4.69, 9.17) is 5.73 Å². The molecule has 1 aromatic rings. The number of amides is 1. The van der Waals surface area contributed by atoms with Crippen LogP contribution in [-0.2, 0) is 11.3 Å². The Kier molecular flexibility index (Phi) is 2.85. The first-order valence-electron chi connectivity index (χ1n) is 6.46. The van der Waals surface area contributed by atoms with E-state index in [1.165, 1.54) is 0 Å². The van der Waals surface area contributed by atoms with Crippen LogP contribution >= 0.6 is 0 Å². The SMILES string of the molecule is CC(=O)N1CCN(c2ccc3c(n2)C(N)=NC3)CC1. The third kappa shape index (κ3) is 2.14. The van der Waals surface area contributed by atoms with Crippen LogP contribution in [0.1, 0.15) is 18.2 Å². The van der Waals surface area contributed by atoms with E-state index < -0.39 is 0 Å². The quantitative estimate of drug-likeness (QED) is 0.768. The number of pyridine rings is 1. The van der Waals surface area contributed by atoms with Crippen molar-refractivity contribution < 1.29 is 4.79 Å². The Morgan fingerprint density at radius 1 is 1.26 bits per heavy atom. The number of carbonyl (C=O) groups is 1. The molecule has 3 heterocycles. The summed E-state index contributed by atoms with van der Waals surface area (Å²) < 4.78 is 0. The van der Waals surface area contributed by atoms with E-state index in [0.29, 0.717) is 12.4 Å². The van der Waals surface area contributed by atoms with Crippen LogP contribution in [0.4, 0.5) is 5.82 Å². The van der Waals surface area contributed by atoms with Crippen LogP contribution in [0, 0.1) is 0 Å². The Labute approximate surface area is 111 Å². The van der Waals surface area contributed by atoms with Crippen molar-refractivity contribution in [2.75, 3.05) is 31.1 Å². The highest BCUT2D eigenvalue weighted by Gasteiger charge is 2.21. The van der Waals surface area contributed by atoms with Crippen molar-refractivity contribution in [3.05, 3.63) is 23.4 Å². The standard InChI is InChI=1S/C13H17N5O/c1-9(19)17-4-6-18(7-5-17)11-3-2-10-8-15-13(14)12(10)16-11/h2-3H,4-8H2,1H3,(H2,14,15). The summed E-state index contributed by atoms with van der Waals surface area (Å²) in [5.41, 5.74) is 7.72. The van der Waals surface area contributed by atoms with Crippen LogP contribution in [0.5, 0.6) is 0 Å². The van der Waals surface area contributed by atoms with Gasteiger partial charge in [0.2, 0.25) is 5.91 Å². The van der Waals surface area contributed by atoms with Gasteiger partial charge in [0.25, 0.3) is 0 Å². The first kappa shape index (κ1) is 12.0. The molecule has 0 aliphatic carbocycles. The Balaban J connectivity index is 1.76. The molecule has 1 aromatic heterocycles. The third-order valence-corrected chi connectivity index (χ3v) is 3.68. The molecule has 0 aromatic carbocycles. The molecule has 2 N–H and O–H groups in total. The zero-order valence-electron chi connectivity index (χ0n) is 11.0. The number of hydrogen-bond acceptors (Lipinski definition) is 5. The van der Waals surface area contributed by atoms with Gasteiger partial charge in [0.05, 0.1) is 6.54 Å². The number of anilines is 1. The van der Waals surface area contributed by atoms with Gasteiger partial charge in [-0.25, -0.2) is 4.98 Å². The van der Waals surface area contributed by atoms with E-state index in [0.717, 1.165) is 43.3 Å². The monoisotopic (exact) mass is 259 g/mol. The number of aromatic nitrogens is 1. The fourth-order valence-electron chi connectivity index (χ4n) is 2.50. The molecule has 0 spiro atoms. The molecule has 3 rings (SSSR count). The summed E-state index contributed by atoms with van der Waals surface area (Å²) in [6.45, 7) is 5.35. The first-order valence-corrected chi connectivity index (χ1v) is 6.46. The van der Waals surface area contributed by atoms with Crippen molar-refractivity contribution in [2.24, 2.45) is 10.7 Å². The molecule has 2 aliphatic rings. The molecule has 0 saturated carbocycles. The van der Waals surface area contributed by atoms with Gasteiger partial charge in [-0.1, -0.05) is 6.07 Å². The maximum absolute atomic E-state index is 11.3. The lowest BCUT2D eigenvalue weighted by molar-refractivity contribution is -0.129. The van der Waals surface area contributed by atoms with Gasteiger partial charge < -0.3 is 15.5 Å². The van der Waals surface area contributed by atoms with Crippen molar-refractivity contribution in [2.45, 2.75) is 13.5 Å². The Morgan fingerprint density at radius 2 is 2.00 bits per heavy atom. The molecule has 6 nitrogen and oxygen atoms in total. The minimum absolute atomic E-state index is 0.137. The maximum Gasteiger partial charge on any atom is 0.219 e. The smallest absolute Gasteiger partial charge is 0.219 e. The van der Waals surface area contributed by atoms with Crippen molar-refractivity contribution >= 4 is 17.6 Å². The van der Waals surface area contributed by atoms with Gasteiger partial charge in [0, 0.05) is 38.7 Å². The largest absolute Gasteiger partial charge is 0.382 e. The van der Waals surface area contributed by atoms with Crippen LogP contribution in [0.15, 0.2) is 17.1 Å². The zero-order chi connectivity index (χ0) is 13.4. The summed E-state index contributed by atoms with van der Waals surface area (Å²) in [6.07, 6.45) is 0. The molecule has 1 fully saturated rings. The molecular formula is C13H17N5O. The molecule has 1 amide bonds. The van der Waals surface area contributed by atoms with E-state index in [1.54, 1.807) is 6.92 Å². The number of fused-ring (bicyclic) bond motifs is 1. The average molecular weight is 259 g/mol. The van der Waals surface area contributed by atoms with Gasteiger partial charge in [-0.2, -0.15) is 0 Å². The molecule has 2 aliphatic heterocycles. The molecule has 0 unspecified atom stereocenters. The van der Waals surface area contributed by atoms with Crippen LogP contribution in [0.25, 0.3) is 0 Å². The van der Waals surface area contributed by atoms with Crippen LogP contribution < -0.4 is 10.6 Å². The summed E-state index contributed by atoms with van der Waals surface area (Å²) in [7, 11) is 0. The Bertz CT molecular complexity index is 546. The van der Waals surface area contributed by atoms with Crippen molar-refractivity contribution in [1.82, 2.24) is 9.88 Å². The normalized spacial score (nSPS) is 18.3. The van der Waals surface area contributed by atoms with Gasteiger partial charge in [0.15, 0.2) is 0 Å². The first-order chi connectivity index (χ1) is 9.15. The number of aliphatic imine (C=N–C) groups is 1. The topological polar surface area (TPSA) is 74.8 Å². The van der Waals surface area contributed by atoms with E-state index in [9.17, 15) is 4.79 Å². The summed E-state index contributed by atoms with van der Waals surface area (Å²) in [5.74, 6) is 1.58. The minimum atomic E-state index is 0.137. The number of nitrogens with two attached hydrogens (primary N) is 1. The predicted molar refractivity (Wildman–Crippen MR) is 73.1 cm³/mol. The van der Waals surface area contributed by atoms with Crippen molar-refractivity contribution in [3.8, 4) is 0 Å². The molecule has 1 saturated heterocycles. The summed E-state index contributed by atoms with van der Waals surface area (Å²) in [5, 5.41) is 0. The number of piperazine rings is 1. The van der Waals surface area contributed by atoms with Gasteiger partial charge in [-0.3, -0.25) is 9.79 Å². The Hall–Kier alpha value is -2.11. The number of amidine groups is 1. The predicted octanol–water partition coefficient (Wildman–Crippen LogP) is -0.0310. The zero-order valence-corrected chi connectivity index (χ0v) is 11.0. The number of hydrogen-bond donors (Lipinski definition) is 1. The third-order valence-electron chi connectivity index (χ3n) is 3.68. The molecular weight excluding hydrogens is 242 g/mol. The highest BCUT2D eigenvalue weighted by molar-refractivity contribution is 5.99. The van der Waals surface area contributed by atoms with E-state index in [1.807, 2.05) is 17.0 Å². The second-order valence-electron chi connectivity index (χ2n) is 4.87. The van der Waals surface area contributed by atoms with Crippen molar-refractivity contribution in [3.63, 3.8) is 0 Å². The Morgan fingerprint density at radius 3 is 2.68 bits per heavy atom. The van der Waals surface area contributed by atoms with Gasteiger partial charge in [0.1, 0.15) is 17.3 Å². The van der Waals surface area contributed by atoms with Gasteiger partial charge in [-0.15, -0.1) is 0 Å². The molecule has 0 radical (unpaired) electrons. The molecule has 0 atom stereocenters. The van der Waals surface area contributed by atoms with E-state index >= 15 is 0 Å².